The zero-order chi connectivity index (χ0) is 14.9. The van der Waals surface area contributed by atoms with E-state index in [1.807, 2.05) is 0 Å². The van der Waals surface area contributed by atoms with Crippen molar-refractivity contribution in [3.8, 4) is 0 Å². The van der Waals surface area contributed by atoms with Crippen molar-refractivity contribution in [1.29, 1.82) is 0 Å². The molecule has 0 N–H and O–H groups in total. The highest BCUT2D eigenvalue weighted by molar-refractivity contribution is 8.13. The molecule has 0 unspecified atom stereocenters. The van der Waals surface area contributed by atoms with Crippen LogP contribution in [0, 0.1) is 17.0 Å². The van der Waals surface area contributed by atoms with Crippen LogP contribution in [-0.4, -0.2) is 22.9 Å². The van der Waals surface area contributed by atoms with Gasteiger partial charge in [-0.1, -0.05) is 12.1 Å². The predicted octanol–water partition coefficient (Wildman–Crippen LogP) is 2.08. The number of nitro benzene ring substituents is 1. The summed E-state index contributed by atoms with van der Waals surface area (Å²) < 4.78 is 23.7. The number of benzene rings is 1. The van der Waals surface area contributed by atoms with Gasteiger partial charge in [0.2, 0.25) is 0 Å². The summed E-state index contributed by atoms with van der Waals surface area (Å²) in [4.78, 5) is 14.1. The van der Waals surface area contributed by atoms with Crippen molar-refractivity contribution in [3.05, 3.63) is 52.0 Å². The molecule has 0 saturated heterocycles. The third kappa shape index (κ3) is 2.97. The number of aromatic nitrogens is 2. The van der Waals surface area contributed by atoms with Gasteiger partial charge >= 0.3 is 0 Å². The zero-order valence-corrected chi connectivity index (χ0v) is 11.9. The Morgan fingerprint density at radius 1 is 1.45 bits per heavy atom. The Morgan fingerprint density at radius 2 is 2.15 bits per heavy atom. The molecule has 0 saturated carbocycles. The van der Waals surface area contributed by atoms with Crippen molar-refractivity contribution in [3.63, 3.8) is 0 Å². The van der Waals surface area contributed by atoms with Crippen LogP contribution in [0.4, 0.5) is 5.69 Å². The van der Waals surface area contributed by atoms with Gasteiger partial charge in [0.25, 0.3) is 14.7 Å². The second-order valence-electron chi connectivity index (χ2n) is 4.14. The van der Waals surface area contributed by atoms with Crippen molar-refractivity contribution in [2.24, 2.45) is 0 Å². The SMILES string of the molecule is Cc1c(Cn2cnc(S(=O)(=O)Cl)c2)cccc1[N+](=O)[O-]. The molecule has 20 heavy (non-hydrogen) atoms. The number of hydrogen-bond donors (Lipinski definition) is 0. The molecule has 0 aliphatic rings. The van der Waals surface area contributed by atoms with Gasteiger partial charge in [-0.2, -0.15) is 0 Å². The lowest BCUT2D eigenvalue weighted by molar-refractivity contribution is -0.385. The molecule has 9 heteroatoms. The fourth-order valence-corrected chi connectivity index (χ4v) is 2.46. The van der Waals surface area contributed by atoms with Crippen molar-refractivity contribution >= 4 is 25.4 Å². The van der Waals surface area contributed by atoms with Crippen LogP contribution in [0.25, 0.3) is 0 Å². The van der Waals surface area contributed by atoms with Gasteiger partial charge in [0.05, 0.1) is 11.3 Å². The molecule has 0 atom stereocenters. The molecule has 0 radical (unpaired) electrons. The molecule has 7 nitrogen and oxygen atoms in total. The van der Waals surface area contributed by atoms with E-state index in [9.17, 15) is 18.5 Å². The highest BCUT2D eigenvalue weighted by Crippen LogP contribution is 2.22. The zero-order valence-electron chi connectivity index (χ0n) is 10.4. The fraction of sp³-hybridized carbons (Fsp3) is 0.182. The van der Waals surface area contributed by atoms with Crippen LogP contribution in [0.2, 0.25) is 0 Å². The third-order valence-corrected chi connectivity index (χ3v) is 4.01. The number of halogens is 1. The molecule has 2 aromatic rings. The fourth-order valence-electron chi connectivity index (χ4n) is 1.79. The molecule has 0 spiro atoms. The summed E-state index contributed by atoms with van der Waals surface area (Å²) in [6.45, 7) is 1.91. The van der Waals surface area contributed by atoms with Crippen molar-refractivity contribution in [2.75, 3.05) is 0 Å². The van der Waals surface area contributed by atoms with Gasteiger partial charge in [-0.3, -0.25) is 10.1 Å². The van der Waals surface area contributed by atoms with Crippen LogP contribution >= 0.6 is 10.7 Å². The quantitative estimate of drug-likeness (QED) is 0.489. The number of nitro groups is 1. The largest absolute Gasteiger partial charge is 0.332 e. The number of imidazole rings is 1. The van der Waals surface area contributed by atoms with Crippen molar-refractivity contribution < 1.29 is 13.3 Å². The maximum absolute atomic E-state index is 11.1. The summed E-state index contributed by atoms with van der Waals surface area (Å²) in [5.41, 5.74) is 1.25. The Bertz CT molecular complexity index is 770. The molecular formula is C11H10ClN3O4S. The van der Waals surface area contributed by atoms with Gasteiger partial charge in [-0.15, -0.1) is 0 Å². The van der Waals surface area contributed by atoms with E-state index in [4.69, 9.17) is 10.7 Å². The van der Waals surface area contributed by atoms with Crippen LogP contribution in [0.15, 0.2) is 35.7 Å². The lowest BCUT2D eigenvalue weighted by Gasteiger charge is -2.06. The van der Waals surface area contributed by atoms with Crippen LogP contribution in [0.5, 0.6) is 0 Å². The van der Waals surface area contributed by atoms with Gasteiger partial charge in [-0.25, -0.2) is 13.4 Å². The average molecular weight is 316 g/mol. The standard InChI is InChI=1S/C11H10ClN3O4S/c1-8-9(3-2-4-10(8)15(16)17)5-14-6-11(13-7-14)20(12,18)19/h2-4,6-7H,5H2,1H3. The molecule has 0 aliphatic heterocycles. The average Bonchev–Trinajstić information content (AvgIpc) is 2.80. The Labute approximate surface area is 119 Å². The van der Waals surface area contributed by atoms with Gasteiger partial charge in [0.1, 0.15) is 0 Å². The molecular weight excluding hydrogens is 306 g/mol. The number of nitrogens with zero attached hydrogens (tertiary/aromatic N) is 3. The first-order chi connectivity index (χ1) is 9.29. The monoisotopic (exact) mass is 315 g/mol. The molecule has 0 amide bonds. The molecule has 0 bridgehead atoms. The van der Waals surface area contributed by atoms with Crippen molar-refractivity contribution in [2.45, 2.75) is 18.5 Å². The molecule has 0 aliphatic carbocycles. The van der Waals surface area contributed by atoms with Crippen LogP contribution in [0.1, 0.15) is 11.1 Å². The smallest absolute Gasteiger partial charge is 0.280 e. The summed E-state index contributed by atoms with van der Waals surface area (Å²) >= 11 is 0. The molecule has 1 heterocycles. The molecule has 106 valence electrons. The maximum atomic E-state index is 11.1. The Kier molecular flexibility index (Phi) is 3.78. The van der Waals surface area contributed by atoms with Gasteiger partial charge < -0.3 is 4.57 Å². The summed E-state index contributed by atoms with van der Waals surface area (Å²) in [5, 5.41) is 10.6. The summed E-state index contributed by atoms with van der Waals surface area (Å²) in [5.74, 6) is 0. The Morgan fingerprint density at radius 3 is 2.70 bits per heavy atom. The second kappa shape index (κ2) is 5.22. The van der Waals surface area contributed by atoms with Crippen LogP contribution < -0.4 is 0 Å². The Hall–Kier alpha value is -1.93. The van der Waals surface area contributed by atoms with E-state index >= 15 is 0 Å². The van der Waals surface area contributed by atoms with E-state index in [1.165, 1.54) is 23.2 Å². The lowest BCUT2D eigenvalue weighted by Crippen LogP contribution is -2.01. The summed E-state index contributed by atoms with van der Waals surface area (Å²) in [6.07, 6.45) is 2.59. The minimum absolute atomic E-state index is 0.0211. The number of rotatable bonds is 4. The predicted molar refractivity (Wildman–Crippen MR) is 72.2 cm³/mol. The normalized spacial score (nSPS) is 11.5. The maximum Gasteiger partial charge on any atom is 0.280 e. The minimum Gasteiger partial charge on any atom is -0.332 e. The molecule has 2 rings (SSSR count). The topological polar surface area (TPSA) is 95.1 Å². The van der Waals surface area contributed by atoms with E-state index in [1.54, 1.807) is 19.1 Å². The minimum atomic E-state index is -3.87. The first-order valence-electron chi connectivity index (χ1n) is 5.48. The summed E-state index contributed by atoms with van der Waals surface area (Å²) in [6, 6.07) is 4.73. The Balaban J connectivity index is 2.34. The molecule has 1 aromatic carbocycles. The highest BCUT2D eigenvalue weighted by atomic mass is 35.7. The van der Waals surface area contributed by atoms with Gasteiger partial charge in [0.15, 0.2) is 5.03 Å². The van der Waals surface area contributed by atoms with Crippen LogP contribution in [0.3, 0.4) is 0 Å². The van der Waals surface area contributed by atoms with E-state index in [2.05, 4.69) is 4.98 Å². The lowest BCUT2D eigenvalue weighted by atomic mass is 10.1. The molecule has 0 fully saturated rings. The van der Waals surface area contributed by atoms with E-state index in [0.29, 0.717) is 11.1 Å². The van der Waals surface area contributed by atoms with E-state index in [-0.39, 0.29) is 17.3 Å². The van der Waals surface area contributed by atoms with Gasteiger partial charge in [0, 0.05) is 35.1 Å². The third-order valence-electron chi connectivity index (χ3n) is 2.83. The summed E-state index contributed by atoms with van der Waals surface area (Å²) in [7, 11) is 1.31. The van der Waals surface area contributed by atoms with E-state index < -0.39 is 14.0 Å². The van der Waals surface area contributed by atoms with Gasteiger partial charge in [-0.05, 0) is 12.5 Å². The second-order valence-corrected chi connectivity index (χ2v) is 6.65. The van der Waals surface area contributed by atoms with Crippen LogP contribution in [-0.2, 0) is 15.6 Å². The first kappa shape index (κ1) is 14.5. The molecule has 1 aromatic heterocycles. The highest BCUT2D eigenvalue weighted by Gasteiger charge is 2.16. The van der Waals surface area contributed by atoms with Crippen molar-refractivity contribution in [1.82, 2.24) is 9.55 Å². The number of hydrogen-bond acceptors (Lipinski definition) is 5. The van der Waals surface area contributed by atoms with E-state index in [0.717, 1.165) is 0 Å². The first-order valence-corrected chi connectivity index (χ1v) is 7.79.